The zero-order chi connectivity index (χ0) is 14.2. The Morgan fingerprint density at radius 1 is 1.52 bits per heavy atom. The molecule has 2 aromatic rings. The molecule has 2 N–H and O–H groups in total. The van der Waals surface area contributed by atoms with Crippen molar-refractivity contribution in [1.29, 1.82) is 0 Å². The predicted molar refractivity (Wildman–Crippen MR) is 89.6 cm³/mol. The first-order chi connectivity index (χ1) is 9.58. The average Bonchev–Trinajstić information content (AvgIpc) is 3.12. The fraction of sp³-hybridized carbons (Fsp3) is 0.538. The molecule has 1 aliphatic rings. The summed E-state index contributed by atoms with van der Waals surface area (Å²) in [6, 6.07) is 3.98. The molecule has 0 aromatic carbocycles. The molecule has 1 fully saturated rings. The van der Waals surface area contributed by atoms with E-state index in [1.807, 2.05) is 12.1 Å². The van der Waals surface area contributed by atoms with Crippen LogP contribution in [0.15, 0.2) is 20.4 Å². The van der Waals surface area contributed by atoms with E-state index in [0.717, 1.165) is 34.7 Å². The molecule has 0 bridgehead atoms. The molecular formula is C13H18BrClN4OS. The van der Waals surface area contributed by atoms with Crippen molar-refractivity contribution in [3.63, 3.8) is 0 Å². The number of nitrogens with two attached hydrogens (primary N) is 1. The number of hydrogen-bond donors (Lipinski definition) is 1. The first kappa shape index (κ1) is 16.9. The molecule has 116 valence electrons. The highest BCUT2D eigenvalue weighted by Crippen LogP contribution is 2.31. The van der Waals surface area contributed by atoms with E-state index in [1.165, 1.54) is 0 Å². The number of likely N-dealkylation sites (tertiary alicyclic amines) is 1. The molecule has 8 heteroatoms. The molecule has 1 aliphatic heterocycles. The van der Waals surface area contributed by atoms with Gasteiger partial charge in [0.1, 0.15) is 0 Å². The summed E-state index contributed by atoms with van der Waals surface area (Å²) in [7, 11) is 0. The van der Waals surface area contributed by atoms with Gasteiger partial charge >= 0.3 is 0 Å². The van der Waals surface area contributed by atoms with Gasteiger partial charge in [-0.25, -0.2) is 0 Å². The fourth-order valence-corrected chi connectivity index (χ4v) is 3.78. The summed E-state index contributed by atoms with van der Waals surface area (Å²) in [5, 5.41) is 4.05. The van der Waals surface area contributed by atoms with E-state index in [2.05, 4.69) is 37.9 Å². The molecule has 1 saturated heterocycles. The minimum absolute atomic E-state index is 0. The number of nitrogens with zero attached hydrogens (tertiary/aromatic N) is 3. The Morgan fingerprint density at radius 2 is 2.33 bits per heavy atom. The Balaban J connectivity index is 0.00000161. The summed E-state index contributed by atoms with van der Waals surface area (Å²) < 4.78 is 6.42. The highest BCUT2D eigenvalue weighted by Gasteiger charge is 2.33. The van der Waals surface area contributed by atoms with Crippen LogP contribution in [0.4, 0.5) is 0 Å². The summed E-state index contributed by atoms with van der Waals surface area (Å²) in [6.45, 7) is 5.69. The lowest BCUT2D eigenvalue weighted by Crippen LogP contribution is -2.31. The van der Waals surface area contributed by atoms with E-state index in [4.69, 9.17) is 10.3 Å². The molecule has 21 heavy (non-hydrogen) atoms. The highest BCUT2D eigenvalue weighted by atomic mass is 79.9. The molecule has 5 nitrogen and oxygen atoms in total. The second kappa shape index (κ2) is 6.75. The van der Waals surface area contributed by atoms with E-state index >= 15 is 0 Å². The summed E-state index contributed by atoms with van der Waals surface area (Å²) >= 11 is 5.04. The van der Waals surface area contributed by atoms with Crippen LogP contribution in [-0.4, -0.2) is 34.7 Å². The summed E-state index contributed by atoms with van der Waals surface area (Å²) in [5.74, 6) is 1.34. The lowest BCUT2D eigenvalue weighted by Gasteiger charge is -2.21. The van der Waals surface area contributed by atoms with E-state index < -0.39 is 0 Å². The standard InChI is InChI=1S/C13H17BrN4OS.ClH/c1-13(7-15)4-5-18(8-13)6-11-16-12(17-19-11)9-2-3-10(14)20-9;/h2-3H,4-8,15H2,1H3;1H. The van der Waals surface area contributed by atoms with Crippen molar-refractivity contribution in [1.82, 2.24) is 15.0 Å². The molecule has 1 unspecified atom stereocenters. The predicted octanol–water partition coefficient (Wildman–Crippen LogP) is 3.15. The van der Waals surface area contributed by atoms with Gasteiger partial charge in [0.25, 0.3) is 0 Å². The summed E-state index contributed by atoms with van der Waals surface area (Å²) in [6.07, 6.45) is 1.13. The van der Waals surface area contributed by atoms with Gasteiger partial charge in [0.05, 0.1) is 15.2 Å². The van der Waals surface area contributed by atoms with Crippen LogP contribution in [0, 0.1) is 5.41 Å². The van der Waals surface area contributed by atoms with Crippen molar-refractivity contribution in [2.75, 3.05) is 19.6 Å². The van der Waals surface area contributed by atoms with Crippen LogP contribution in [0.25, 0.3) is 10.7 Å². The quantitative estimate of drug-likeness (QED) is 0.864. The molecule has 0 spiro atoms. The lowest BCUT2D eigenvalue weighted by molar-refractivity contribution is 0.239. The van der Waals surface area contributed by atoms with Gasteiger partial charge in [-0.3, -0.25) is 4.90 Å². The van der Waals surface area contributed by atoms with Crippen LogP contribution in [-0.2, 0) is 6.54 Å². The van der Waals surface area contributed by atoms with Crippen molar-refractivity contribution in [3.05, 3.63) is 21.8 Å². The second-order valence-corrected chi connectivity index (χ2v) is 8.05. The third kappa shape index (κ3) is 3.84. The zero-order valence-electron chi connectivity index (χ0n) is 11.7. The van der Waals surface area contributed by atoms with Crippen LogP contribution in [0.1, 0.15) is 19.2 Å². The van der Waals surface area contributed by atoms with Crippen LogP contribution in [0.3, 0.4) is 0 Å². The van der Waals surface area contributed by atoms with Gasteiger partial charge in [0.15, 0.2) is 0 Å². The third-order valence-corrected chi connectivity index (χ3v) is 5.37. The van der Waals surface area contributed by atoms with E-state index in [0.29, 0.717) is 18.3 Å². The Labute approximate surface area is 142 Å². The monoisotopic (exact) mass is 392 g/mol. The fourth-order valence-electron chi connectivity index (χ4n) is 2.47. The lowest BCUT2D eigenvalue weighted by atomic mass is 9.90. The summed E-state index contributed by atoms with van der Waals surface area (Å²) in [5.41, 5.74) is 6.05. The molecule has 1 atom stereocenters. The van der Waals surface area contributed by atoms with Gasteiger partial charge in [-0.1, -0.05) is 12.1 Å². The van der Waals surface area contributed by atoms with Gasteiger partial charge in [-0.2, -0.15) is 4.98 Å². The van der Waals surface area contributed by atoms with E-state index in [1.54, 1.807) is 11.3 Å². The first-order valence-corrected chi connectivity index (χ1v) is 8.20. The average molecular weight is 394 g/mol. The van der Waals surface area contributed by atoms with Crippen molar-refractivity contribution >= 4 is 39.7 Å². The molecule has 0 radical (unpaired) electrons. The largest absolute Gasteiger partial charge is 0.338 e. The van der Waals surface area contributed by atoms with Gasteiger partial charge in [0.2, 0.25) is 11.7 Å². The van der Waals surface area contributed by atoms with Gasteiger partial charge in [-0.15, -0.1) is 23.7 Å². The number of hydrogen-bond acceptors (Lipinski definition) is 6. The SMILES string of the molecule is CC1(CN)CCN(Cc2nc(-c3ccc(Br)s3)no2)C1.Cl. The molecule has 0 aliphatic carbocycles. The molecule has 3 rings (SSSR count). The smallest absolute Gasteiger partial charge is 0.241 e. The van der Waals surface area contributed by atoms with Crippen LogP contribution >= 0.6 is 39.7 Å². The number of rotatable bonds is 4. The molecule has 0 saturated carbocycles. The molecule has 3 heterocycles. The van der Waals surface area contributed by atoms with E-state index in [9.17, 15) is 0 Å². The summed E-state index contributed by atoms with van der Waals surface area (Å²) in [4.78, 5) is 7.81. The molecule has 2 aromatic heterocycles. The van der Waals surface area contributed by atoms with Gasteiger partial charge in [0, 0.05) is 6.54 Å². The van der Waals surface area contributed by atoms with Crippen LogP contribution in [0.2, 0.25) is 0 Å². The maximum absolute atomic E-state index is 5.82. The van der Waals surface area contributed by atoms with Crippen molar-refractivity contribution < 1.29 is 4.52 Å². The van der Waals surface area contributed by atoms with Crippen LogP contribution < -0.4 is 5.73 Å². The Morgan fingerprint density at radius 3 is 2.95 bits per heavy atom. The van der Waals surface area contributed by atoms with Gasteiger partial charge < -0.3 is 10.3 Å². The first-order valence-electron chi connectivity index (χ1n) is 6.59. The minimum atomic E-state index is 0. The normalized spacial score (nSPS) is 22.4. The van der Waals surface area contributed by atoms with Crippen molar-refractivity contribution in [3.8, 4) is 10.7 Å². The molecular weight excluding hydrogens is 376 g/mol. The topological polar surface area (TPSA) is 68.2 Å². The number of aromatic nitrogens is 2. The highest BCUT2D eigenvalue weighted by molar-refractivity contribution is 9.11. The Bertz CT molecular complexity index is 605. The van der Waals surface area contributed by atoms with E-state index in [-0.39, 0.29) is 17.8 Å². The Hall–Kier alpha value is -0.470. The third-order valence-electron chi connectivity index (χ3n) is 3.75. The zero-order valence-corrected chi connectivity index (χ0v) is 14.9. The molecule has 0 amide bonds. The number of thiophene rings is 1. The maximum Gasteiger partial charge on any atom is 0.241 e. The maximum atomic E-state index is 5.82. The Kier molecular flexibility index (Phi) is 5.43. The van der Waals surface area contributed by atoms with Crippen molar-refractivity contribution in [2.24, 2.45) is 11.1 Å². The van der Waals surface area contributed by atoms with Gasteiger partial charge in [-0.05, 0) is 53.0 Å². The van der Waals surface area contributed by atoms with Crippen LogP contribution in [0.5, 0.6) is 0 Å². The minimum Gasteiger partial charge on any atom is -0.338 e. The van der Waals surface area contributed by atoms with Crippen molar-refractivity contribution in [2.45, 2.75) is 19.9 Å². The second-order valence-electron chi connectivity index (χ2n) is 5.59. The number of halogens is 2.